The molecule has 2 rings (SSSR count). The zero-order valence-electron chi connectivity index (χ0n) is 11.8. The fourth-order valence-corrected chi connectivity index (χ4v) is 3.53. The fraction of sp³-hybridized carbons (Fsp3) is 0.357. The van der Waals surface area contributed by atoms with Crippen molar-refractivity contribution in [3.05, 3.63) is 49.1 Å². The molecule has 0 saturated heterocycles. The third-order valence-electron chi connectivity index (χ3n) is 3.45. The summed E-state index contributed by atoms with van der Waals surface area (Å²) in [6, 6.07) is 5.80. The molecule has 0 spiro atoms. The molecule has 7 heteroatoms. The molecule has 0 aliphatic heterocycles. The number of nitrogens with zero attached hydrogens (tertiary/aromatic N) is 2. The van der Waals surface area contributed by atoms with Gasteiger partial charge in [0.1, 0.15) is 0 Å². The minimum absolute atomic E-state index is 0.0185. The first-order valence-corrected chi connectivity index (χ1v) is 8.55. The number of aryl methyl sites for hydroxylation is 2. The normalized spacial score (nSPS) is 12.7. The molecule has 1 heterocycles. The van der Waals surface area contributed by atoms with E-state index in [0.29, 0.717) is 5.02 Å². The van der Waals surface area contributed by atoms with E-state index in [1.165, 1.54) is 0 Å². The summed E-state index contributed by atoms with van der Waals surface area (Å²) in [5.74, 6) is 5.74. The van der Waals surface area contributed by atoms with Crippen LogP contribution in [0.4, 0.5) is 0 Å². The van der Waals surface area contributed by atoms with E-state index >= 15 is 0 Å². The highest BCUT2D eigenvalue weighted by molar-refractivity contribution is 9.10. The maximum absolute atomic E-state index is 6.04. The van der Waals surface area contributed by atoms with Gasteiger partial charge in [0.2, 0.25) is 0 Å². The largest absolute Gasteiger partial charge is 0.271 e. The number of hydrogen-bond acceptors (Lipinski definition) is 3. The smallest absolute Gasteiger partial charge is 0.0766 e. The Labute approximate surface area is 146 Å². The third-order valence-corrected chi connectivity index (χ3v) is 5.58. The Kier molecular flexibility index (Phi) is 5.85. The van der Waals surface area contributed by atoms with Crippen LogP contribution in [0.3, 0.4) is 0 Å². The van der Waals surface area contributed by atoms with E-state index in [1.54, 1.807) is 0 Å². The minimum Gasteiger partial charge on any atom is -0.271 e. The number of halogens is 3. The molecule has 0 radical (unpaired) electrons. The molecular weight excluding hydrogens is 419 g/mol. The Bertz CT molecular complexity index is 642. The lowest BCUT2D eigenvalue weighted by Crippen LogP contribution is -2.30. The molecule has 0 aliphatic rings. The molecule has 0 fully saturated rings. The third kappa shape index (κ3) is 3.68. The van der Waals surface area contributed by atoms with Crippen molar-refractivity contribution < 1.29 is 0 Å². The summed E-state index contributed by atoms with van der Waals surface area (Å²) in [5.41, 5.74) is 6.11. The van der Waals surface area contributed by atoms with Crippen molar-refractivity contribution in [1.29, 1.82) is 0 Å². The zero-order valence-corrected chi connectivity index (χ0v) is 15.8. The van der Waals surface area contributed by atoms with Gasteiger partial charge in [0.05, 0.1) is 26.9 Å². The maximum atomic E-state index is 6.04. The van der Waals surface area contributed by atoms with Crippen molar-refractivity contribution in [3.63, 3.8) is 0 Å². The summed E-state index contributed by atoms with van der Waals surface area (Å²) in [7, 11) is 1.95. The van der Waals surface area contributed by atoms with Crippen LogP contribution in [0.1, 0.15) is 29.9 Å². The summed E-state index contributed by atoms with van der Waals surface area (Å²) >= 11 is 13.1. The van der Waals surface area contributed by atoms with Gasteiger partial charge in [-0.3, -0.25) is 16.0 Å². The van der Waals surface area contributed by atoms with Crippen LogP contribution in [0.15, 0.2) is 27.1 Å². The summed E-state index contributed by atoms with van der Waals surface area (Å²) in [5, 5.41) is 5.20. The number of hydrogen-bond donors (Lipinski definition) is 2. The Balaban J connectivity index is 2.31. The minimum atomic E-state index is -0.0185. The highest BCUT2D eigenvalue weighted by atomic mass is 79.9. The van der Waals surface area contributed by atoms with Crippen LogP contribution >= 0.6 is 43.5 Å². The molecular formula is C14H17Br2ClN4. The second kappa shape index (κ2) is 7.24. The summed E-state index contributed by atoms with van der Waals surface area (Å²) in [4.78, 5) is 0. The van der Waals surface area contributed by atoms with Gasteiger partial charge in [0.15, 0.2) is 0 Å². The number of aromatic nitrogens is 2. The van der Waals surface area contributed by atoms with Crippen LogP contribution in [0.5, 0.6) is 0 Å². The molecule has 3 N–H and O–H groups in total. The first-order chi connectivity index (χ1) is 9.97. The van der Waals surface area contributed by atoms with Gasteiger partial charge >= 0.3 is 0 Å². The lowest BCUT2D eigenvalue weighted by Gasteiger charge is -2.17. The van der Waals surface area contributed by atoms with Crippen molar-refractivity contribution in [1.82, 2.24) is 15.2 Å². The van der Waals surface area contributed by atoms with Crippen LogP contribution in [-0.4, -0.2) is 9.78 Å². The van der Waals surface area contributed by atoms with Gasteiger partial charge in [-0.25, -0.2) is 0 Å². The molecule has 0 aliphatic carbocycles. The first-order valence-electron chi connectivity index (χ1n) is 6.59. The van der Waals surface area contributed by atoms with E-state index < -0.39 is 0 Å². The van der Waals surface area contributed by atoms with Crippen LogP contribution in [0, 0.1) is 0 Å². The maximum Gasteiger partial charge on any atom is 0.0766 e. The number of rotatable bonds is 5. The molecule has 1 aromatic heterocycles. The van der Waals surface area contributed by atoms with E-state index in [2.05, 4.69) is 49.3 Å². The molecule has 1 atom stereocenters. The van der Waals surface area contributed by atoms with Crippen LogP contribution in [0.25, 0.3) is 0 Å². The van der Waals surface area contributed by atoms with Gasteiger partial charge < -0.3 is 0 Å². The van der Waals surface area contributed by atoms with Crippen LogP contribution in [-0.2, 0) is 19.9 Å². The molecule has 1 aromatic carbocycles. The molecule has 2 aromatic rings. The van der Waals surface area contributed by atoms with Gasteiger partial charge in [0.25, 0.3) is 0 Å². The van der Waals surface area contributed by atoms with Crippen molar-refractivity contribution in [3.8, 4) is 0 Å². The topological polar surface area (TPSA) is 55.9 Å². The molecule has 0 saturated carbocycles. The highest BCUT2D eigenvalue weighted by Crippen LogP contribution is 2.30. The van der Waals surface area contributed by atoms with Crippen molar-refractivity contribution >= 4 is 43.5 Å². The number of nitrogens with one attached hydrogen (secondary N) is 1. The first kappa shape index (κ1) is 17.0. The molecule has 4 nitrogen and oxygen atoms in total. The second-order valence-electron chi connectivity index (χ2n) is 4.78. The Morgan fingerprint density at radius 2 is 2.14 bits per heavy atom. The van der Waals surface area contributed by atoms with Crippen LogP contribution < -0.4 is 11.3 Å². The predicted molar refractivity (Wildman–Crippen MR) is 93.2 cm³/mol. The fourth-order valence-electron chi connectivity index (χ4n) is 2.24. The van der Waals surface area contributed by atoms with E-state index in [9.17, 15) is 0 Å². The average Bonchev–Trinajstić information content (AvgIpc) is 2.74. The summed E-state index contributed by atoms with van der Waals surface area (Å²) in [6.07, 6.45) is 1.62. The van der Waals surface area contributed by atoms with Gasteiger partial charge in [0, 0.05) is 17.9 Å². The van der Waals surface area contributed by atoms with E-state index in [0.717, 1.165) is 38.7 Å². The lowest BCUT2D eigenvalue weighted by atomic mass is 10.0. The van der Waals surface area contributed by atoms with E-state index in [4.69, 9.17) is 17.4 Å². The molecule has 114 valence electrons. The molecule has 0 bridgehead atoms. The van der Waals surface area contributed by atoms with E-state index in [-0.39, 0.29) is 6.04 Å². The Hall–Kier alpha value is -0.400. The lowest BCUT2D eigenvalue weighted by molar-refractivity contribution is 0.529. The number of nitrogens with two attached hydrogens (primary N) is 1. The second-order valence-corrected chi connectivity index (χ2v) is 6.84. The Morgan fingerprint density at radius 1 is 1.43 bits per heavy atom. The van der Waals surface area contributed by atoms with E-state index in [1.807, 2.05) is 29.9 Å². The van der Waals surface area contributed by atoms with Crippen molar-refractivity contribution in [2.45, 2.75) is 25.8 Å². The van der Waals surface area contributed by atoms with Gasteiger partial charge in [-0.15, -0.1) is 0 Å². The molecule has 1 unspecified atom stereocenters. The number of benzene rings is 1. The van der Waals surface area contributed by atoms with Gasteiger partial charge in [-0.05, 0) is 56.0 Å². The van der Waals surface area contributed by atoms with Crippen LogP contribution in [0.2, 0.25) is 5.02 Å². The zero-order chi connectivity index (χ0) is 15.6. The highest BCUT2D eigenvalue weighted by Gasteiger charge is 2.18. The monoisotopic (exact) mass is 434 g/mol. The standard InChI is InChI=1S/C14H17Br2ClN4/c1-3-11-14(16)13(21(2)20-11)7-12(19-18)8-4-5-10(17)9(15)6-8/h4-6,12,19H,3,7,18H2,1-2H3. The molecule has 21 heavy (non-hydrogen) atoms. The van der Waals surface area contributed by atoms with Crippen molar-refractivity contribution in [2.24, 2.45) is 12.9 Å². The molecule has 0 amide bonds. The SMILES string of the molecule is CCc1nn(C)c(CC(NN)c2ccc(Cl)c(Br)c2)c1Br. The summed E-state index contributed by atoms with van der Waals surface area (Å²) in [6.45, 7) is 2.09. The van der Waals surface area contributed by atoms with Gasteiger partial charge in [-0.1, -0.05) is 24.6 Å². The predicted octanol–water partition coefficient (Wildman–Crippen LogP) is 3.91. The van der Waals surface area contributed by atoms with Gasteiger partial charge in [-0.2, -0.15) is 5.10 Å². The van der Waals surface area contributed by atoms with Crippen molar-refractivity contribution in [2.75, 3.05) is 0 Å². The summed E-state index contributed by atoms with van der Waals surface area (Å²) < 4.78 is 3.82. The quantitative estimate of drug-likeness (QED) is 0.552. The Morgan fingerprint density at radius 3 is 2.67 bits per heavy atom. The average molecular weight is 437 g/mol. The number of hydrazine groups is 1.